The van der Waals surface area contributed by atoms with Crippen molar-refractivity contribution in [1.82, 2.24) is 0 Å². The van der Waals surface area contributed by atoms with Crippen LogP contribution in [0, 0.1) is 10.1 Å². The summed E-state index contributed by atoms with van der Waals surface area (Å²) in [6.07, 6.45) is 0.963. The van der Waals surface area contributed by atoms with Gasteiger partial charge in [0.2, 0.25) is 0 Å². The van der Waals surface area contributed by atoms with Crippen molar-refractivity contribution >= 4 is 0 Å². The fourth-order valence-electron chi connectivity index (χ4n) is 0.387. The predicted molar refractivity (Wildman–Crippen MR) is 40.1 cm³/mol. The van der Waals surface area contributed by atoms with Gasteiger partial charge in [0, 0.05) is 0 Å². The van der Waals surface area contributed by atoms with Gasteiger partial charge in [-0.2, -0.15) is 4.39 Å². The van der Waals surface area contributed by atoms with Gasteiger partial charge in [0.15, 0.2) is 5.83 Å². The molecule has 0 aromatic carbocycles. The zero-order valence-electron chi connectivity index (χ0n) is 6.13. The van der Waals surface area contributed by atoms with Crippen molar-refractivity contribution in [3.8, 4) is 0 Å². The number of hydrogen-bond donors (Lipinski definition) is 0. The SMILES string of the molecule is C=C(C)/C=C(/F)C(=C)[N+](=O)[O-]. The first-order valence-electron chi connectivity index (χ1n) is 2.81. The summed E-state index contributed by atoms with van der Waals surface area (Å²) in [4.78, 5) is 9.04. The first-order valence-corrected chi connectivity index (χ1v) is 2.81. The highest BCUT2D eigenvalue weighted by Crippen LogP contribution is 2.11. The lowest BCUT2D eigenvalue weighted by Crippen LogP contribution is -1.96. The molecule has 3 nitrogen and oxygen atoms in total. The van der Waals surface area contributed by atoms with E-state index in [2.05, 4.69) is 13.2 Å². The Bertz CT molecular complexity index is 243. The number of hydrogen-bond acceptors (Lipinski definition) is 2. The minimum Gasteiger partial charge on any atom is -0.258 e. The lowest BCUT2D eigenvalue weighted by molar-refractivity contribution is -0.422. The fraction of sp³-hybridized carbons (Fsp3) is 0.143. The van der Waals surface area contributed by atoms with Crippen LogP contribution in [0.2, 0.25) is 0 Å². The van der Waals surface area contributed by atoms with Crippen LogP contribution in [0.25, 0.3) is 0 Å². The van der Waals surface area contributed by atoms with Crippen molar-refractivity contribution in [1.29, 1.82) is 0 Å². The maximum absolute atomic E-state index is 12.6. The van der Waals surface area contributed by atoms with E-state index < -0.39 is 16.4 Å². The first-order chi connectivity index (χ1) is 4.95. The van der Waals surface area contributed by atoms with Gasteiger partial charge in [-0.15, -0.1) is 0 Å². The van der Waals surface area contributed by atoms with Crippen LogP contribution in [0.15, 0.2) is 36.3 Å². The minimum absolute atomic E-state index is 0.408. The van der Waals surface area contributed by atoms with Crippen LogP contribution in [-0.2, 0) is 0 Å². The molecule has 0 spiro atoms. The van der Waals surface area contributed by atoms with Crippen molar-refractivity contribution in [3.63, 3.8) is 0 Å². The second kappa shape index (κ2) is 3.65. The Hall–Kier alpha value is -1.45. The van der Waals surface area contributed by atoms with Gasteiger partial charge in [-0.25, -0.2) is 0 Å². The molecular formula is C7H8FNO2. The maximum atomic E-state index is 12.6. The Kier molecular flexibility index (Phi) is 3.17. The molecule has 0 aliphatic carbocycles. The third-order valence-corrected chi connectivity index (χ3v) is 0.869. The van der Waals surface area contributed by atoms with Gasteiger partial charge in [0.25, 0.3) is 5.70 Å². The Morgan fingerprint density at radius 1 is 1.64 bits per heavy atom. The van der Waals surface area contributed by atoms with Crippen molar-refractivity contribution < 1.29 is 9.31 Å². The molecule has 0 atom stereocenters. The molecule has 0 fully saturated rings. The second-order valence-electron chi connectivity index (χ2n) is 2.04. The summed E-state index contributed by atoms with van der Waals surface area (Å²) in [6.45, 7) is 7.81. The molecule has 11 heavy (non-hydrogen) atoms. The van der Waals surface area contributed by atoms with Crippen LogP contribution < -0.4 is 0 Å². The van der Waals surface area contributed by atoms with E-state index >= 15 is 0 Å². The summed E-state index contributed by atoms with van der Waals surface area (Å²) in [7, 11) is 0. The first kappa shape index (κ1) is 9.55. The lowest BCUT2D eigenvalue weighted by atomic mass is 10.3. The molecule has 0 aliphatic heterocycles. The van der Waals surface area contributed by atoms with Gasteiger partial charge in [0.1, 0.15) is 0 Å². The molecule has 0 heterocycles. The summed E-state index contributed by atoms with van der Waals surface area (Å²) >= 11 is 0. The third-order valence-electron chi connectivity index (χ3n) is 0.869. The molecule has 60 valence electrons. The molecule has 0 unspecified atom stereocenters. The highest BCUT2D eigenvalue weighted by Gasteiger charge is 2.12. The van der Waals surface area contributed by atoms with E-state index in [0.29, 0.717) is 5.57 Å². The summed E-state index contributed by atoms with van der Waals surface area (Å²) in [5.41, 5.74) is -0.335. The average Bonchev–Trinajstić information content (AvgIpc) is 1.84. The van der Waals surface area contributed by atoms with Gasteiger partial charge in [-0.1, -0.05) is 12.2 Å². The Morgan fingerprint density at radius 3 is 2.36 bits per heavy atom. The molecule has 0 aromatic heterocycles. The summed E-state index contributed by atoms with van der Waals surface area (Å²) in [5, 5.41) is 9.92. The van der Waals surface area contributed by atoms with Crippen LogP contribution >= 0.6 is 0 Å². The standard InChI is InChI=1S/C7H8FNO2/c1-5(2)4-7(8)6(3)9(10)11/h4H,1,3H2,2H3/b7-4+. The third kappa shape index (κ3) is 3.30. The topological polar surface area (TPSA) is 43.1 Å². The van der Waals surface area contributed by atoms with E-state index in [0.717, 1.165) is 6.08 Å². The van der Waals surface area contributed by atoms with E-state index in [-0.39, 0.29) is 0 Å². The summed E-state index contributed by atoms with van der Waals surface area (Å²) in [5.74, 6) is -0.956. The average molecular weight is 157 g/mol. The van der Waals surface area contributed by atoms with E-state index in [1.54, 1.807) is 0 Å². The van der Waals surface area contributed by atoms with Gasteiger partial charge in [-0.05, 0) is 19.6 Å². The molecule has 0 saturated heterocycles. The van der Waals surface area contributed by atoms with Gasteiger partial charge in [-0.3, -0.25) is 10.1 Å². The zero-order valence-corrected chi connectivity index (χ0v) is 6.13. The molecule has 0 rings (SSSR count). The molecule has 0 aromatic rings. The quantitative estimate of drug-likeness (QED) is 0.358. The van der Waals surface area contributed by atoms with Crippen molar-refractivity contribution in [2.75, 3.05) is 0 Å². The van der Waals surface area contributed by atoms with Gasteiger partial charge >= 0.3 is 0 Å². The summed E-state index contributed by atoms with van der Waals surface area (Å²) < 4.78 is 12.6. The molecule has 0 aliphatic rings. The van der Waals surface area contributed by atoms with Crippen LogP contribution in [0.4, 0.5) is 4.39 Å². The smallest absolute Gasteiger partial charge is 0.258 e. The van der Waals surface area contributed by atoms with Crippen LogP contribution in [-0.4, -0.2) is 4.92 Å². The Balaban J connectivity index is 4.49. The monoisotopic (exact) mass is 157 g/mol. The van der Waals surface area contributed by atoms with Crippen LogP contribution in [0.5, 0.6) is 0 Å². The number of allylic oxidation sites excluding steroid dienone is 3. The largest absolute Gasteiger partial charge is 0.297 e. The molecule has 0 amide bonds. The molecule has 0 radical (unpaired) electrons. The van der Waals surface area contributed by atoms with E-state index in [4.69, 9.17) is 0 Å². The van der Waals surface area contributed by atoms with Crippen LogP contribution in [0.3, 0.4) is 0 Å². The van der Waals surface area contributed by atoms with E-state index in [9.17, 15) is 14.5 Å². The number of rotatable bonds is 3. The van der Waals surface area contributed by atoms with Crippen LogP contribution in [0.1, 0.15) is 6.92 Å². The molecular weight excluding hydrogens is 149 g/mol. The van der Waals surface area contributed by atoms with Crippen molar-refractivity contribution in [2.45, 2.75) is 6.92 Å². The highest BCUT2D eigenvalue weighted by molar-refractivity contribution is 5.24. The van der Waals surface area contributed by atoms with E-state index in [1.807, 2.05) is 0 Å². The van der Waals surface area contributed by atoms with Crippen molar-refractivity contribution in [2.24, 2.45) is 0 Å². The molecule has 4 heteroatoms. The maximum Gasteiger partial charge on any atom is 0.297 e. The Labute approximate surface area is 63.7 Å². The molecule has 0 bridgehead atoms. The Morgan fingerprint density at radius 2 is 2.09 bits per heavy atom. The van der Waals surface area contributed by atoms with Crippen molar-refractivity contribution in [3.05, 3.63) is 46.4 Å². The number of halogens is 1. The highest BCUT2D eigenvalue weighted by atomic mass is 19.1. The normalized spacial score (nSPS) is 10.9. The number of nitrogens with zero attached hydrogens (tertiary/aromatic N) is 1. The molecule has 0 saturated carbocycles. The van der Waals surface area contributed by atoms with E-state index in [1.165, 1.54) is 6.92 Å². The molecule has 0 N–H and O–H groups in total. The van der Waals surface area contributed by atoms with Gasteiger partial charge < -0.3 is 0 Å². The predicted octanol–water partition coefficient (Wildman–Crippen LogP) is 2.21. The fourth-order valence-corrected chi connectivity index (χ4v) is 0.387. The minimum atomic E-state index is -0.956. The second-order valence-corrected chi connectivity index (χ2v) is 2.04. The van der Waals surface area contributed by atoms with Gasteiger partial charge in [0.05, 0.1) is 4.92 Å². The number of nitro groups is 1. The zero-order chi connectivity index (χ0) is 9.02. The summed E-state index contributed by atoms with van der Waals surface area (Å²) in [6, 6.07) is 0. The lowest BCUT2D eigenvalue weighted by Gasteiger charge is -1.91.